The number of anilines is 1. The van der Waals surface area contributed by atoms with Gasteiger partial charge in [0.25, 0.3) is 0 Å². The Morgan fingerprint density at radius 2 is 1.98 bits per heavy atom. The molecular formula is C31H36FN5O5. The van der Waals surface area contributed by atoms with Gasteiger partial charge in [-0.1, -0.05) is 12.1 Å². The van der Waals surface area contributed by atoms with Crippen LogP contribution < -0.4 is 9.64 Å². The number of aromatic nitrogens is 4. The van der Waals surface area contributed by atoms with E-state index in [9.17, 15) is 14.3 Å². The summed E-state index contributed by atoms with van der Waals surface area (Å²) in [4.78, 5) is 17.6. The Bertz CT molecular complexity index is 1570. The first-order valence-corrected chi connectivity index (χ1v) is 14.5. The lowest BCUT2D eigenvalue weighted by molar-refractivity contribution is -0.139. The Kier molecular flexibility index (Phi) is 7.63. The number of amides is 1. The number of benzene rings is 1. The maximum Gasteiger partial charge on any atom is 0.412 e. The second-order valence-corrected chi connectivity index (χ2v) is 11.4. The number of carboxylic acid groups (broad SMARTS) is 1. The fourth-order valence-corrected chi connectivity index (χ4v) is 6.03. The highest BCUT2D eigenvalue weighted by molar-refractivity contribution is 5.97. The Morgan fingerprint density at radius 3 is 2.67 bits per heavy atom. The van der Waals surface area contributed by atoms with Crippen molar-refractivity contribution in [3.8, 4) is 16.9 Å². The van der Waals surface area contributed by atoms with E-state index in [0.29, 0.717) is 19.0 Å². The molecule has 0 bridgehead atoms. The molecule has 1 aliphatic heterocycles. The van der Waals surface area contributed by atoms with E-state index in [1.165, 1.54) is 11.0 Å². The second-order valence-electron chi connectivity index (χ2n) is 11.4. The number of rotatable bonds is 8. The number of hydrogen-bond donors (Lipinski definition) is 1. The van der Waals surface area contributed by atoms with Gasteiger partial charge in [0.15, 0.2) is 17.4 Å². The summed E-state index contributed by atoms with van der Waals surface area (Å²) in [6.45, 7) is 6.96. The van der Waals surface area contributed by atoms with Crippen molar-refractivity contribution < 1.29 is 28.5 Å². The molecule has 0 radical (unpaired) electrons. The molecule has 4 aromatic rings. The molecule has 1 aliphatic carbocycles. The van der Waals surface area contributed by atoms with Crippen LogP contribution in [0.1, 0.15) is 52.5 Å². The summed E-state index contributed by atoms with van der Waals surface area (Å²) in [5, 5.41) is 15.2. The summed E-state index contributed by atoms with van der Waals surface area (Å²) in [5.41, 5.74) is 2.83. The van der Waals surface area contributed by atoms with Crippen molar-refractivity contribution in [2.24, 2.45) is 0 Å². The fraction of sp³-hybridized carbons (Fsp3) is 0.452. The zero-order chi connectivity index (χ0) is 29.4. The van der Waals surface area contributed by atoms with Gasteiger partial charge in [-0.15, -0.1) is 0 Å². The van der Waals surface area contributed by atoms with Crippen molar-refractivity contribution in [2.75, 3.05) is 18.1 Å². The first-order chi connectivity index (χ1) is 20.2. The molecule has 4 heterocycles. The molecule has 2 fully saturated rings. The van der Waals surface area contributed by atoms with Crippen molar-refractivity contribution in [3.05, 3.63) is 60.9 Å². The normalized spacial score (nSPS) is 22.0. The molecule has 0 unspecified atom stereocenters. The van der Waals surface area contributed by atoms with Gasteiger partial charge in [-0.3, -0.25) is 9.58 Å². The van der Waals surface area contributed by atoms with Gasteiger partial charge in [-0.25, -0.2) is 14.2 Å². The van der Waals surface area contributed by atoms with E-state index in [1.54, 1.807) is 31.3 Å². The quantitative estimate of drug-likeness (QED) is 0.264. The average Bonchev–Trinajstić information content (AvgIpc) is 3.67. The molecule has 1 aromatic carbocycles. The molecule has 1 atom stereocenters. The molecule has 1 amide bonds. The topological polar surface area (TPSA) is 104 Å². The zero-order valence-electron chi connectivity index (χ0n) is 24.1. The van der Waals surface area contributed by atoms with Gasteiger partial charge >= 0.3 is 6.09 Å². The largest absolute Gasteiger partial charge is 0.487 e. The van der Waals surface area contributed by atoms with E-state index in [2.05, 4.69) is 20.8 Å². The van der Waals surface area contributed by atoms with Crippen molar-refractivity contribution in [2.45, 2.75) is 77.0 Å². The third kappa shape index (κ3) is 5.71. The standard InChI is InChI=1S/C31H36FN5O5/c1-4-36(30(38)39)29-13-27-24(15-33-29)25(20-14-34-35(16-20)17-23-19-40-31(2,3)42-23)18-37(27)21-9-11-22(12-10-21)41-28-8-6-5-7-26(28)32/h5-8,13-16,18,21-23H,4,9-12,17,19H2,1-3H3,(H,38,39)/t21?,22?,23-/m1/s1. The number of halogens is 1. The summed E-state index contributed by atoms with van der Waals surface area (Å²) in [6.07, 6.45) is 9.74. The van der Waals surface area contributed by atoms with E-state index in [1.807, 2.05) is 37.0 Å². The highest BCUT2D eigenvalue weighted by Gasteiger charge is 2.33. The van der Waals surface area contributed by atoms with Gasteiger partial charge in [0.1, 0.15) is 11.9 Å². The molecule has 6 rings (SSSR count). The van der Waals surface area contributed by atoms with Gasteiger partial charge in [0.05, 0.1) is 31.0 Å². The highest BCUT2D eigenvalue weighted by Crippen LogP contribution is 2.39. The number of fused-ring (bicyclic) bond motifs is 1. The Balaban J connectivity index is 1.28. The molecule has 1 N–H and O–H groups in total. The first kappa shape index (κ1) is 28.2. The van der Waals surface area contributed by atoms with Gasteiger partial charge < -0.3 is 23.9 Å². The van der Waals surface area contributed by atoms with E-state index in [-0.39, 0.29) is 36.4 Å². The lowest BCUT2D eigenvalue weighted by Gasteiger charge is -2.30. The number of carbonyl (C=O) groups is 1. The predicted octanol–water partition coefficient (Wildman–Crippen LogP) is 6.26. The molecule has 10 nitrogen and oxygen atoms in total. The Hall–Kier alpha value is -3.96. The summed E-state index contributed by atoms with van der Waals surface area (Å²) in [6, 6.07) is 8.53. The summed E-state index contributed by atoms with van der Waals surface area (Å²) in [5.74, 6) is -0.277. The van der Waals surface area contributed by atoms with E-state index < -0.39 is 11.9 Å². The number of hydrogen-bond acceptors (Lipinski definition) is 6. The minimum absolute atomic E-state index is 0.0655. The van der Waals surface area contributed by atoms with E-state index in [0.717, 1.165) is 47.7 Å². The lowest BCUT2D eigenvalue weighted by atomic mass is 9.92. The fourth-order valence-electron chi connectivity index (χ4n) is 6.03. The third-order valence-corrected chi connectivity index (χ3v) is 8.10. The minimum atomic E-state index is -1.05. The van der Waals surface area contributed by atoms with Crippen molar-refractivity contribution >= 4 is 22.8 Å². The molecular weight excluding hydrogens is 541 g/mol. The van der Waals surface area contributed by atoms with Crippen LogP contribution >= 0.6 is 0 Å². The first-order valence-electron chi connectivity index (χ1n) is 14.5. The maximum absolute atomic E-state index is 14.2. The molecule has 0 spiro atoms. The highest BCUT2D eigenvalue weighted by atomic mass is 19.1. The molecule has 3 aromatic heterocycles. The Morgan fingerprint density at radius 1 is 1.19 bits per heavy atom. The van der Waals surface area contributed by atoms with Crippen molar-refractivity contribution in [1.82, 2.24) is 19.3 Å². The minimum Gasteiger partial charge on any atom is -0.487 e. The molecule has 222 valence electrons. The maximum atomic E-state index is 14.2. The van der Waals surface area contributed by atoms with E-state index >= 15 is 0 Å². The van der Waals surface area contributed by atoms with Crippen LogP contribution in [-0.2, 0) is 16.0 Å². The van der Waals surface area contributed by atoms with Crippen molar-refractivity contribution in [1.29, 1.82) is 0 Å². The van der Waals surface area contributed by atoms with Crippen LogP contribution in [-0.4, -0.2) is 61.7 Å². The van der Waals surface area contributed by atoms with Crippen LogP contribution in [0.2, 0.25) is 0 Å². The van der Waals surface area contributed by atoms with Crippen LogP contribution in [0.15, 0.2) is 55.1 Å². The number of nitrogens with zero attached hydrogens (tertiary/aromatic N) is 5. The molecule has 1 saturated heterocycles. The molecule has 11 heteroatoms. The van der Waals surface area contributed by atoms with E-state index in [4.69, 9.17) is 14.2 Å². The summed E-state index contributed by atoms with van der Waals surface area (Å²) in [7, 11) is 0. The monoisotopic (exact) mass is 577 g/mol. The Labute approximate surface area is 243 Å². The molecule has 1 saturated carbocycles. The number of ether oxygens (including phenoxy) is 3. The average molecular weight is 578 g/mol. The molecule has 2 aliphatic rings. The third-order valence-electron chi connectivity index (χ3n) is 8.10. The molecule has 42 heavy (non-hydrogen) atoms. The van der Waals surface area contributed by atoms with Crippen LogP contribution in [0.3, 0.4) is 0 Å². The smallest absolute Gasteiger partial charge is 0.412 e. The van der Waals surface area contributed by atoms with Crippen LogP contribution in [0.5, 0.6) is 5.75 Å². The van der Waals surface area contributed by atoms with Gasteiger partial charge in [-0.2, -0.15) is 5.10 Å². The van der Waals surface area contributed by atoms with Crippen molar-refractivity contribution in [3.63, 3.8) is 0 Å². The SMILES string of the molecule is CCN(C(=O)O)c1cc2c(cn1)c(-c1cnn(C[C@@H]3COC(C)(C)O3)c1)cn2C1CCC(Oc2ccccc2F)CC1. The van der Waals surface area contributed by atoms with Crippen LogP contribution in [0.4, 0.5) is 15.0 Å². The van der Waals surface area contributed by atoms with Gasteiger partial charge in [0.2, 0.25) is 0 Å². The summed E-state index contributed by atoms with van der Waals surface area (Å²) < 4.78 is 35.9. The number of pyridine rings is 1. The predicted molar refractivity (Wildman–Crippen MR) is 155 cm³/mol. The lowest BCUT2D eigenvalue weighted by Crippen LogP contribution is -2.29. The van der Waals surface area contributed by atoms with Crippen LogP contribution in [0.25, 0.3) is 22.0 Å². The zero-order valence-corrected chi connectivity index (χ0v) is 24.1. The second kappa shape index (κ2) is 11.4. The van der Waals surface area contributed by atoms with Gasteiger partial charge in [0, 0.05) is 53.8 Å². The summed E-state index contributed by atoms with van der Waals surface area (Å²) >= 11 is 0. The number of para-hydroxylation sites is 1. The van der Waals surface area contributed by atoms with Gasteiger partial charge in [-0.05, 0) is 58.6 Å². The van der Waals surface area contributed by atoms with Crippen LogP contribution in [0, 0.1) is 5.82 Å².